The van der Waals surface area contributed by atoms with Gasteiger partial charge in [-0.1, -0.05) is 12.1 Å². The van der Waals surface area contributed by atoms with E-state index in [4.69, 9.17) is 0 Å². The molecule has 0 saturated heterocycles. The van der Waals surface area contributed by atoms with Gasteiger partial charge in [-0.25, -0.2) is 18.0 Å². The van der Waals surface area contributed by atoms with Crippen LogP contribution in [0.1, 0.15) is 41.4 Å². The Kier molecular flexibility index (Phi) is 7.73. The lowest BCUT2D eigenvalue weighted by atomic mass is 10.1. The number of rotatable bonds is 8. The second kappa shape index (κ2) is 11.2. The van der Waals surface area contributed by atoms with Crippen molar-refractivity contribution in [2.45, 2.75) is 9.79 Å². The molecule has 0 spiro atoms. The number of sulfone groups is 1. The number of hydrogen-bond acceptors (Lipinski definition) is 8. The highest BCUT2D eigenvalue weighted by molar-refractivity contribution is 7.91. The quantitative estimate of drug-likeness (QED) is 0.179. The zero-order valence-corrected chi connectivity index (χ0v) is 21.5. The highest BCUT2D eigenvalue weighted by Crippen LogP contribution is 2.27. The van der Waals surface area contributed by atoms with Gasteiger partial charge < -0.3 is 31.1 Å². The van der Waals surface area contributed by atoms with Crippen molar-refractivity contribution in [3.8, 4) is 11.5 Å². The smallest absolute Gasteiger partial charge is 0.336 e. The number of aromatic carboxylic acids is 2. The molecule has 0 aliphatic carbocycles. The zero-order chi connectivity index (χ0) is 29.9. The number of anilines is 2. The van der Waals surface area contributed by atoms with Gasteiger partial charge in [-0.2, -0.15) is 0 Å². The largest absolute Gasteiger partial charge is 0.508 e. The third-order valence-corrected chi connectivity index (χ3v) is 7.51. The molecule has 0 saturated carbocycles. The number of aromatic hydroxyl groups is 2. The Morgan fingerprint density at radius 2 is 0.927 bits per heavy atom. The van der Waals surface area contributed by atoms with E-state index in [0.29, 0.717) is 0 Å². The SMILES string of the molecule is O=C(O)c1ccc(O)cc1C(=O)Nc1cccc(S(=O)(=O)c2cccc(NC(=O)c3cc(O)ccc3C(=O)O)c2)c1. The molecular formula is C28H20N2O10S. The lowest BCUT2D eigenvalue weighted by Crippen LogP contribution is -2.17. The molecule has 0 radical (unpaired) electrons. The number of carbonyl (C=O) groups excluding carboxylic acids is 2. The van der Waals surface area contributed by atoms with Gasteiger partial charge in [-0.3, -0.25) is 9.59 Å². The normalized spacial score (nSPS) is 10.9. The Bertz CT molecular complexity index is 1710. The van der Waals surface area contributed by atoms with Gasteiger partial charge in [-0.05, 0) is 72.8 Å². The fourth-order valence-corrected chi connectivity index (χ4v) is 5.18. The fourth-order valence-electron chi connectivity index (χ4n) is 3.83. The Labute approximate surface area is 232 Å². The van der Waals surface area contributed by atoms with Crippen LogP contribution in [0.25, 0.3) is 0 Å². The third-order valence-electron chi connectivity index (χ3n) is 5.76. The first kappa shape index (κ1) is 28.3. The third kappa shape index (κ3) is 6.15. The monoisotopic (exact) mass is 576 g/mol. The average Bonchev–Trinajstić information content (AvgIpc) is 2.92. The number of phenols is 2. The molecule has 4 aromatic carbocycles. The van der Waals surface area contributed by atoms with Gasteiger partial charge in [-0.15, -0.1) is 0 Å². The molecule has 0 aromatic heterocycles. The van der Waals surface area contributed by atoms with Gasteiger partial charge in [0, 0.05) is 11.4 Å². The molecule has 6 N–H and O–H groups in total. The maximum atomic E-state index is 13.4. The van der Waals surface area contributed by atoms with Crippen LogP contribution < -0.4 is 10.6 Å². The summed E-state index contributed by atoms with van der Waals surface area (Å²) in [6.07, 6.45) is 0. The zero-order valence-electron chi connectivity index (χ0n) is 20.7. The Hall–Kier alpha value is -5.69. The molecule has 2 amide bonds. The number of carboxylic acid groups (broad SMARTS) is 2. The number of hydrogen-bond donors (Lipinski definition) is 6. The van der Waals surface area contributed by atoms with Crippen LogP contribution in [-0.2, 0) is 9.84 Å². The minimum absolute atomic E-state index is 0.0188. The summed E-state index contributed by atoms with van der Waals surface area (Å²) in [7, 11) is -4.21. The van der Waals surface area contributed by atoms with Crippen molar-refractivity contribution in [1.82, 2.24) is 0 Å². The standard InChI is InChI=1S/C28H20N2O10S/c31-17-7-9-21(27(35)36)23(13-17)25(33)29-15-3-1-5-19(11-15)41(39,40)20-6-2-4-16(12-20)30-26(34)24-14-18(32)8-10-22(24)28(37)38/h1-14,31-32H,(H,29,33)(H,30,34)(H,35,36)(H,37,38). The molecule has 4 aromatic rings. The molecule has 0 aliphatic rings. The van der Waals surface area contributed by atoms with Gasteiger partial charge in [0.2, 0.25) is 9.84 Å². The molecule has 12 nitrogen and oxygen atoms in total. The van der Waals surface area contributed by atoms with Crippen LogP contribution in [0.3, 0.4) is 0 Å². The fraction of sp³-hybridized carbons (Fsp3) is 0. The summed E-state index contributed by atoms with van der Waals surface area (Å²) in [5, 5.41) is 42.9. The van der Waals surface area contributed by atoms with Crippen LogP contribution in [0.5, 0.6) is 11.5 Å². The van der Waals surface area contributed by atoms with E-state index in [2.05, 4.69) is 10.6 Å². The first-order valence-electron chi connectivity index (χ1n) is 11.6. The second-order valence-electron chi connectivity index (χ2n) is 8.54. The van der Waals surface area contributed by atoms with E-state index in [1.807, 2.05) is 0 Å². The summed E-state index contributed by atoms with van der Waals surface area (Å²) in [5.41, 5.74) is -1.39. The Balaban J connectivity index is 1.60. The predicted octanol–water partition coefficient (Wildman–Crippen LogP) is 3.83. The second-order valence-corrected chi connectivity index (χ2v) is 10.5. The molecule has 0 aliphatic heterocycles. The van der Waals surface area contributed by atoms with Gasteiger partial charge in [0.25, 0.3) is 11.8 Å². The summed E-state index contributed by atoms with van der Waals surface area (Å²) in [4.78, 5) is 47.9. The molecule has 208 valence electrons. The minimum Gasteiger partial charge on any atom is -0.508 e. The predicted molar refractivity (Wildman–Crippen MR) is 144 cm³/mol. The molecule has 0 fully saturated rings. The van der Waals surface area contributed by atoms with E-state index >= 15 is 0 Å². The number of nitrogens with one attached hydrogen (secondary N) is 2. The van der Waals surface area contributed by atoms with E-state index < -0.39 is 33.6 Å². The summed E-state index contributed by atoms with van der Waals surface area (Å²) >= 11 is 0. The highest BCUT2D eigenvalue weighted by atomic mass is 32.2. The van der Waals surface area contributed by atoms with E-state index in [9.17, 15) is 48.0 Å². The molecule has 4 rings (SSSR count). The van der Waals surface area contributed by atoms with Crippen LogP contribution in [0.4, 0.5) is 11.4 Å². The first-order chi connectivity index (χ1) is 19.4. The van der Waals surface area contributed by atoms with Crippen molar-refractivity contribution in [1.29, 1.82) is 0 Å². The van der Waals surface area contributed by atoms with Crippen molar-refractivity contribution in [2.24, 2.45) is 0 Å². The maximum absolute atomic E-state index is 13.4. The van der Waals surface area contributed by atoms with Crippen LogP contribution in [0.2, 0.25) is 0 Å². The Morgan fingerprint density at radius 3 is 1.29 bits per heavy atom. The molecule has 41 heavy (non-hydrogen) atoms. The van der Waals surface area contributed by atoms with Gasteiger partial charge in [0.05, 0.1) is 32.0 Å². The van der Waals surface area contributed by atoms with E-state index in [1.165, 1.54) is 36.4 Å². The summed E-state index contributed by atoms with van der Waals surface area (Å²) < 4.78 is 26.8. The summed E-state index contributed by atoms with van der Waals surface area (Å²) in [5.74, 6) is -5.28. The van der Waals surface area contributed by atoms with Crippen LogP contribution in [-0.4, -0.2) is 52.6 Å². The molecule has 0 heterocycles. The molecule has 13 heteroatoms. The first-order valence-corrected chi connectivity index (χ1v) is 13.1. The molecule has 0 unspecified atom stereocenters. The Morgan fingerprint density at radius 1 is 0.537 bits per heavy atom. The van der Waals surface area contributed by atoms with Crippen LogP contribution >= 0.6 is 0 Å². The van der Waals surface area contributed by atoms with Crippen molar-refractivity contribution in [3.05, 3.63) is 107 Å². The lowest BCUT2D eigenvalue weighted by Gasteiger charge is -2.12. The molecular weight excluding hydrogens is 556 g/mol. The van der Waals surface area contributed by atoms with E-state index in [0.717, 1.165) is 48.5 Å². The number of carbonyl (C=O) groups is 4. The lowest BCUT2D eigenvalue weighted by molar-refractivity contribution is 0.0683. The number of carboxylic acids is 2. The summed E-state index contributed by atoms with van der Waals surface area (Å²) in [6, 6.07) is 16.6. The van der Waals surface area contributed by atoms with Crippen molar-refractivity contribution >= 4 is 45.0 Å². The number of amides is 2. The minimum atomic E-state index is -4.21. The summed E-state index contributed by atoms with van der Waals surface area (Å²) in [6.45, 7) is 0. The average molecular weight is 577 g/mol. The van der Waals surface area contributed by atoms with E-state index in [1.54, 1.807) is 0 Å². The van der Waals surface area contributed by atoms with Crippen molar-refractivity contribution < 1.29 is 48.0 Å². The highest BCUT2D eigenvalue weighted by Gasteiger charge is 2.22. The van der Waals surface area contributed by atoms with Crippen molar-refractivity contribution in [2.75, 3.05) is 10.6 Å². The van der Waals surface area contributed by atoms with E-state index in [-0.39, 0.29) is 54.9 Å². The van der Waals surface area contributed by atoms with Crippen molar-refractivity contribution in [3.63, 3.8) is 0 Å². The molecule has 0 bridgehead atoms. The number of benzene rings is 4. The number of phenolic OH excluding ortho intramolecular Hbond substituents is 2. The van der Waals surface area contributed by atoms with Gasteiger partial charge >= 0.3 is 11.9 Å². The van der Waals surface area contributed by atoms with Crippen LogP contribution in [0, 0.1) is 0 Å². The molecule has 0 atom stereocenters. The van der Waals surface area contributed by atoms with Gasteiger partial charge in [0.15, 0.2) is 0 Å². The van der Waals surface area contributed by atoms with Crippen LogP contribution in [0.15, 0.2) is 94.7 Å². The maximum Gasteiger partial charge on any atom is 0.336 e. The van der Waals surface area contributed by atoms with Gasteiger partial charge in [0.1, 0.15) is 11.5 Å². The topological polar surface area (TPSA) is 207 Å².